The van der Waals surface area contributed by atoms with Crippen molar-refractivity contribution in [3.05, 3.63) is 0 Å². The van der Waals surface area contributed by atoms with Gasteiger partial charge in [0.25, 0.3) is 5.91 Å². The van der Waals surface area contributed by atoms with Crippen molar-refractivity contribution in [1.82, 2.24) is 10.2 Å². The molecular formula is C20H34N2O5. The molecule has 1 aliphatic heterocycles. The van der Waals surface area contributed by atoms with Crippen LogP contribution in [0.15, 0.2) is 0 Å². The summed E-state index contributed by atoms with van der Waals surface area (Å²) in [7, 11) is 0. The number of unbranched alkanes of at least 4 members (excludes halogenated alkanes) is 3. The minimum absolute atomic E-state index is 0.174. The molecule has 7 nitrogen and oxygen atoms in total. The van der Waals surface area contributed by atoms with Gasteiger partial charge in [0, 0.05) is 13.0 Å². The second-order valence-corrected chi connectivity index (χ2v) is 8.03. The number of hydrogen-bond acceptors (Lipinski definition) is 4. The molecule has 2 fully saturated rings. The maximum atomic E-state index is 12.1. The Bertz CT molecular complexity index is 505. The summed E-state index contributed by atoms with van der Waals surface area (Å²) >= 11 is 0. The van der Waals surface area contributed by atoms with Crippen LogP contribution in [0.1, 0.15) is 83.5 Å². The minimum atomic E-state index is -0.784. The fraction of sp³-hybridized carbons (Fsp3) is 0.850. The molecule has 154 valence electrons. The number of aliphatic carboxylic acids is 1. The monoisotopic (exact) mass is 382 g/mol. The van der Waals surface area contributed by atoms with E-state index >= 15 is 0 Å². The molecule has 0 aromatic rings. The zero-order valence-corrected chi connectivity index (χ0v) is 16.2. The second kappa shape index (κ2) is 11.3. The van der Waals surface area contributed by atoms with Gasteiger partial charge in [-0.1, -0.05) is 51.4 Å². The Kier molecular flexibility index (Phi) is 9.04. The van der Waals surface area contributed by atoms with E-state index in [4.69, 9.17) is 5.11 Å². The van der Waals surface area contributed by atoms with Crippen LogP contribution in [0.25, 0.3) is 0 Å². The van der Waals surface area contributed by atoms with Crippen molar-refractivity contribution in [2.24, 2.45) is 5.92 Å². The van der Waals surface area contributed by atoms with Crippen molar-refractivity contribution in [2.75, 3.05) is 6.54 Å². The van der Waals surface area contributed by atoms with Gasteiger partial charge in [0.1, 0.15) is 6.04 Å². The molecular weight excluding hydrogens is 348 g/mol. The third kappa shape index (κ3) is 7.48. The Balaban J connectivity index is 1.69. The van der Waals surface area contributed by atoms with E-state index in [9.17, 15) is 19.5 Å². The highest BCUT2D eigenvalue weighted by molar-refractivity contribution is 6.04. The molecule has 1 heterocycles. The Morgan fingerprint density at radius 1 is 1.11 bits per heavy atom. The van der Waals surface area contributed by atoms with Gasteiger partial charge in [0.2, 0.25) is 0 Å². The van der Waals surface area contributed by atoms with Crippen LogP contribution in [0.5, 0.6) is 0 Å². The molecule has 1 aliphatic carbocycles. The molecule has 1 saturated heterocycles. The number of carbonyl (C=O) groups is 3. The number of aliphatic hydroxyl groups is 1. The van der Waals surface area contributed by atoms with E-state index < -0.39 is 18.1 Å². The standard InChI is InChI=1S/C20H34N2O5/c23-16(14-15-8-4-3-5-9-15)12-13-22-17(19(26)21-20(22)27)10-6-1-2-7-11-18(24)25/h15-17,23H,1-14H2,(H,24,25)(H,21,26,27). The first kappa shape index (κ1) is 21.7. The summed E-state index contributed by atoms with van der Waals surface area (Å²) < 4.78 is 0. The molecule has 3 amide bonds. The van der Waals surface area contributed by atoms with E-state index in [2.05, 4.69) is 5.32 Å². The number of hydrogen-bond donors (Lipinski definition) is 3. The number of carbonyl (C=O) groups excluding carboxylic acids is 2. The quantitative estimate of drug-likeness (QED) is 0.355. The van der Waals surface area contributed by atoms with E-state index in [-0.39, 0.29) is 18.4 Å². The summed E-state index contributed by atoms with van der Waals surface area (Å²) in [5.41, 5.74) is 0. The number of carboxylic acid groups (broad SMARTS) is 1. The van der Waals surface area contributed by atoms with Crippen molar-refractivity contribution in [3.8, 4) is 0 Å². The number of nitrogens with one attached hydrogen (secondary N) is 1. The van der Waals surface area contributed by atoms with Gasteiger partial charge in [0.15, 0.2) is 0 Å². The summed E-state index contributed by atoms with van der Waals surface area (Å²) in [6, 6.07) is -0.820. The van der Waals surface area contributed by atoms with Crippen LogP contribution in [0.3, 0.4) is 0 Å². The zero-order chi connectivity index (χ0) is 19.6. The van der Waals surface area contributed by atoms with Gasteiger partial charge in [-0.2, -0.15) is 0 Å². The molecule has 7 heteroatoms. The molecule has 0 spiro atoms. The Labute approximate surface area is 161 Å². The highest BCUT2D eigenvalue weighted by Gasteiger charge is 2.37. The first-order chi connectivity index (χ1) is 13.0. The third-order valence-electron chi connectivity index (χ3n) is 5.82. The smallest absolute Gasteiger partial charge is 0.324 e. The van der Waals surface area contributed by atoms with Crippen LogP contribution in [-0.2, 0) is 9.59 Å². The average Bonchev–Trinajstić information content (AvgIpc) is 2.89. The minimum Gasteiger partial charge on any atom is -0.481 e. The van der Waals surface area contributed by atoms with Crippen molar-refractivity contribution in [2.45, 2.75) is 95.6 Å². The molecule has 1 saturated carbocycles. The highest BCUT2D eigenvalue weighted by Crippen LogP contribution is 2.28. The van der Waals surface area contributed by atoms with Crippen LogP contribution >= 0.6 is 0 Å². The third-order valence-corrected chi connectivity index (χ3v) is 5.82. The van der Waals surface area contributed by atoms with Gasteiger partial charge < -0.3 is 15.1 Å². The lowest BCUT2D eigenvalue weighted by molar-refractivity contribution is -0.137. The SMILES string of the molecule is O=C(O)CCCCCCC1C(=O)NC(=O)N1CCC(O)CC1CCCCC1. The number of carboxylic acids is 1. The van der Waals surface area contributed by atoms with Crippen LogP contribution in [0.2, 0.25) is 0 Å². The predicted octanol–water partition coefficient (Wildman–Crippen LogP) is 3.05. The number of aliphatic hydroxyl groups excluding tert-OH is 1. The first-order valence-corrected chi connectivity index (χ1v) is 10.5. The summed E-state index contributed by atoms with van der Waals surface area (Å²) in [5.74, 6) is -0.453. The Morgan fingerprint density at radius 2 is 1.81 bits per heavy atom. The number of amides is 3. The first-order valence-electron chi connectivity index (χ1n) is 10.5. The molecule has 27 heavy (non-hydrogen) atoms. The number of rotatable bonds is 12. The molecule has 2 atom stereocenters. The lowest BCUT2D eigenvalue weighted by atomic mass is 9.85. The van der Waals surface area contributed by atoms with E-state index in [1.54, 1.807) is 4.90 Å². The fourth-order valence-corrected chi connectivity index (χ4v) is 4.27. The maximum Gasteiger partial charge on any atom is 0.324 e. The van der Waals surface area contributed by atoms with Gasteiger partial charge in [-0.15, -0.1) is 0 Å². The van der Waals surface area contributed by atoms with Gasteiger partial charge in [-0.25, -0.2) is 4.79 Å². The van der Waals surface area contributed by atoms with Crippen LogP contribution < -0.4 is 5.32 Å². The zero-order valence-electron chi connectivity index (χ0n) is 16.2. The largest absolute Gasteiger partial charge is 0.481 e. The van der Waals surface area contributed by atoms with E-state index in [0.29, 0.717) is 31.7 Å². The van der Waals surface area contributed by atoms with Crippen molar-refractivity contribution in [3.63, 3.8) is 0 Å². The van der Waals surface area contributed by atoms with E-state index in [1.807, 2.05) is 0 Å². The second-order valence-electron chi connectivity index (χ2n) is 8.03. The van der Waals surface area contributed by atoms with Crippen LogP contribution in [0.4, 0.5) is 4.79 Å². The normalized spacial score (nSPS) is 22.1. The van der Waals surface area contributed by atoms with Crippen LogP contribution in [0, 0.1) is 5.92 Å². The van der Waals surface area contributed by atoms with Crippen LogP contribution in [-0.4, -0.2) is 51.7 Å². The van der Waals surface area contributed by atoms with Gasteiger partial charge in [0.05, 0.1) is 6.10 Å². The topological polar surface area (TPSA) is 107 Å². The van der Waals surface area contributed by atoms with Crippen molar-refractivity contribution in [1.29, 1.82) is 0 Å². The summed E-state index contributed by atoms with van der Waals surface area (Å²) in [5, 5.41) is 21.3. The summed E-state index contributed by atoms with van der Waals surface area (Å²) in [4.78, 5) is 36.2. The Morgan fingerprint density at radius 3 is 2.52 bits per heavy atom. The molecule has 2 rings (SSSR count). The molecule has 3 N–H and O–H groups in total. The lowest BCUT2D eigenvalue weighted by Crippen LogP contribution is -2.37. The highest BCUT2D eigenvalue weighted by atomic mass is 16.4. The number of imide groups is 1. The molecule has 2 aliphatic rings. The van der Waals surface area contributed by atoms with E-state index in [1.165, 1.54) is 32.1 Å². The average molecular weight is 383 g/mol. The summed E-state index contributed by atoms with van der Waals surface area (Å²) in [6.07, 6.45) is 10.9. The van der Waals surface area contributed by atoms with Gasteiger partial charge >= 0.3 is 12.0 Å². The molecule has 0 radical (unpaired) electrons. The lowest BCUT2D eigenvalue weighted by Gasteiger charge is -2.26. The number of urea groups is 1. The number of nitrogens with zero attached hydrogens (tertiary/aromatic N) is 1. The van der Waals surface area contributed by atoms with Gasteiger partial charge in [-0.3, -0.25) is 14.9 Å². The van der Waals surface area contributed by atoms with E-state index in [0.717, 1.165) is 25.7 Å². The van der Waals surface area contributed by atoms with Gasteiger partial charge in [-0.05, 0) is 31.6 Å². The summed E-state index contributed by atoms with van der Waals surface area (Å²) in [6.45, 7) is 0.398. The molecule has 0 aromatic heterocycles. The van der Waals surface area contributed by atoms with Crippen molar-refractivity contribution >= 4 is 17.9 Å². The predicted molar refractivity (Wildman–Crippen MR) is 101 cm³/mol. The van der Waals surface area contributed by atoms with Crippen molar-refractivity contribution < 1.29 is 24.6 Å². The molecule has 2 unspecified atom stereocenters. The molecule has 0 aromatic carbocycles. The molecule has 0 bridgehead atoms. The Hall–Kier alpha value is -1.63. The fourth-order valence-electron chi connectivity index (χ4n) is 4.27. The maximum absolute atomic E-state index is 12.1.